The molecule has 0 N–H and O–H groups in total. The minimum Gasteiger partial charge on any atom is -0.427 e. The van der Waals surface area contributed by atoms with Crippen LogP contribution in [0, 0.1) is 0 Å². The molecule has 0 aliphatic carbocycles. The highest BCUT2D eigenvalue weighted by Gasteiger charge is 2.32. The molecule has 1 aliphatic heterocycles. The van der Waals surface area contributed by atoms with Gasteiger partial charge in [-0.2, -0.15) is 0 Å². The van der Waals surface area contributed by atoms with Crippen molar-refractivity contribution in [1.29, 1.82) is 0 Å². The predicted molar refractivity (Wildman–Crippen MR) is 26.9 cm³/mol. The Hall–Kier alpha value is -1.06. The first-order chi connectivity index (χ1) is 4.24. The molecule has 1 rings (SSSR count). The van der Waals surface area contributed by atoms with Gasteiger partial charge in [0.1, 0.15) is 6.10 Å². The SMILES string of the molecule is CC1OC(=O)OC1C=O. The van der Waals surface area contributed by atoms with Crippen molar-refractivity contribution in [3.8, 4) is 0 Å². The van der Waals surface area contributed by atoms with Crippen LogP contribution in [0.5, 0.6) is 0 Å². The lowest BCUT2D eigenvalue weighted by Gasteiger charge is -1.99. The number of aldehydes is 1. The average molecular weight is 130 g/mol. The second kappa shape index (κ2) is 2.05. The van der Waals surface area contributed by atoms with Crippen molar-refractivity contribution in [2.75, 3.05) is 0 Å². The normalized spacial score (nSPS) is 33.2. The number of carbonyl (C=O) groups is 2. The second-order valence-electron chi connectivity index (χ2n) is 1.79. The quantitative estimate of drug-likeness (QED) is 0.373. The third-order valence-electron chi connectivity index (χ3n) is 1.11. The van der Waals surface area contributed by atoms with E-state index in [1.807, 2.05) is 0 Å². The molecule has 2 unspecified atom stereocenters. The Morgan fingerprint density at radius 2 is 2.22 bits per heavy atom. The van der Waals surface area contributed by atoms with Crippen LogP contribution in [0.15, 0.2) is 0 Å². The molecule has 0 amide bonds. The Balaban J connectivity index is 2.57. The van der Waals surface area contributed by atoms with Gasteiger partial charge in [0.25, 0.3) is 0 Å². The predicted octanol–water partition coefficient (Wildman–Crippen LogP) is 0.109. The fraction of sp³-hybridized carbons (Fsp3) is 0.600. The van der Waals surface area contributed by atoms with E-state index < -0.39 is 18.4 Å². The van der Waals surface area contributed by atoms with Crippen LogP contribution in [0.1, 0.15) is 6.92 Å². The lowest BCUT2D eigenvalue weighted by molar-refractivity contribution is -0.114. The fourth-order valence-corrected chi connectivity index (χ4v) is 0.592. The molecule has 9 heavy (non-hydrogen) atoms. The van der Waals surface area contributed by atoms with E-state index in [0.29, 0.717) is 6.29 Å². The number of ether oxygens (including phenoxy) is 2. The Morgan fingerprint density at radius 1 is 1.56 bits per heavy atom. The van der Waals surface area contributed by atoms with Crippen LogP contribution < -0.4 is 0 Å². The van der Waals surface area contributed by atoms with Crippen LogP contribution in [-0.2, 0) is 14.3 Å². The van der Waals surface area contributed by atoms with Crippen molar-refractivity contribution in [3.05, 3.63) is 0 Å². The monoisotopic (exact) mass is 130 g/mol. The van der Waals surface area contributed by atoms with Gasteiger partial charge >= 0.3 is 6.16 Å². The van der Waals surface area contributed by atoms with Gasteiger partial charge in [0.05, 0.1) is 0 Å². The van der Waals surface area contributed by atoms with Gasteiger partial charge in [-0.15, -0.1) is 0 Å². The fourth-order valence-electron chi connectivity index (χ4n) is 0.592. The van der Waals surface area contributed by atoms with E-state index in [9.17, 15) is 9.59 Å². The number of hydrogen-bond donors (Lipinski definition) is 0. The summed E-state index contributed by atoms with van der Waals surface area (Å²) >= 11 is 0. The first kappa shape index (κ1) is 6.07. The van der Waals surface area contributed by atoms with Crippen LogP contribution in [0.4, 0.5) is 4.79 Å². The zero-order valence-electron chi connectivity index (χ0n) is 4.87. The summed E-state index contributed by atoms with van der Waals surface area (Å²) in [6, 6.07) is 0. The third kappa shape index (κ3) is 1.01. The van der Waals surface area contributed by atoms with Crippen molar-refractivity contribution >= 4 is 12.4 Å². The van der Waals surface area contributed by atoms with E-state index in [-0.39, 0.29) is 0 Å². The molecule has 0 bridgehead atoms. The van der Waals surface area contributed by atoms with E-state index in [1.54, 1.807) is 6.92 Å². The lowest BCUT2D eigenvalue weighted by Crippen LogP contribution is -2.19. The van der Waals surface area contributed by atoms with Crippen molar-refractivity contribution < 1.29 is 19.1 Å². The van der Waals surface area contributed by atoms with Crippen molar-refractivity contribution in [3.63, 3.8) is 0 Å². The van der Waals surface area contributed by atoms with Gasteiger partial charge in [0.15, 0.2) is 12.4 Å². The van der Waals surface area contributed by atoms with Crippen LogP contribution >= 0.6 is 0 Å². The van der Waals surface area contributed by atoms with Crippen molar-refractivity contribution in [2.24, 2.45) is 0 Å². The second-order valence-corrected chi connectivity index (χ2v) is 1.79. The molecule has 0 aromatic rings. The summed E-state index contributed by atoms with van der Waals surface area (Å²) in [4.78, 5) is 20.2. The van der Waals surface area contributed by atoms with Gasteiger partial charge in [-0.1, -0.05) is 0 Å². The number of hydrogen-bond acceptors (Lipinski definition) is 4. The summed E-state index contributed by atoms with van der Waals surface area (Å²) < 4.78 is 8.87. The first-order valence-electron chi connectivity index (χ1n) is 2.56. The van der Waals surface area contributed by atoms with E-state index in [1.165, 1.54) is 0 Å². The molecule has 2 atom stereocenters. The highest BCUT2D eigenvalue weighted by atomic mass is 16.8. The zero-order valence-corrected chi connectivity index (χ0v) is 4.87. The molecule has 0 radical (unpaired) electrons. The van der Waals surface area contributed by atoms with E-state index in [4.69, 9.17) is 0 Å². The van der Waals surface area contributed by atoms with Crippen LogP contribution in [0.3, 0.4) is 0 Å². The minimum atomic E-state index is -0.764. The number of rotatable bonds is 1. The molecule has 1 fully saturated rings. The molecule has 0 saturated carbocycles. The molecule has 4 heteroatoms. The summed E-state index contributed by atoms with van der Waals surface area (Å²) in [6.07, 6.45) is -1.36. The van der Waals surface area contributed by atoms with Gasteiger partial charge in [-0.3, -0.25) is 4.79 Å². The summed E-state index contributed by atoms with van der Waals surface area (Å²) in [5.74, 6) is 0. The Labute approximate surface area is 51.7 Å². The molecule has 0 spiro atoms. The number of carbonyl (C=O) groups excluding carboxylic acids is 2. The summed E-state index contributed by atoms with van der Waals surface area (Å²) in [6.45, 7) is 1.60. The van der Waals surface area contributed by atoms with Crippen LogP contribution in [-0.4, -0.2) is 24.6 Å². The summed E-state index contributed by atoms with van der Waals surface area (Å²) in [7, 11) is 0. The molecule has 4 nitrogen and oxygen atoms in total. The van der Waals surface area contributed by atoms with Crippen LogP contribution in [0.25, 0.3) is 0 Å². The van der Waals surface area contributed by atoms with E-state index >= 15 is 0 Å². The van der Waals surface area contributed by atoms with Gasteiger partial charge < -0.3 is 9.47 Å². The molecule has 0 aromatic heterocycles. The van der Waals surface area contributed by atoms with Gasteiger partial charge in [0, 0.05) is 0 Å². The van der Waals surface area contributed by atoms with Gasteiger partial charge in [-0.25, -0.2) is 4.79 Å². The maximum atomic E-state index is 10.2. The topological polar surface area (TPSA) is 52.6 Å². The highest BCUT2D eigenvalue weighted by Crippen LogP contribution is 2.11. The molecule has 1 saturated heterocycles. The first-order valence-corrected chi connectivity index (χ1v) is 2.56. The molecular formula is C5H6O4. The Bertz CT molecular complexity index is 142. The molecule has 0 aromatic carbocycles. The van der Waals surface area contributed by atoms with Gasteiger partial charge in [-0.05, 0) is 6.92 Å². The Morgan fingerprint density at radius 3 is 2.44 bits per heavy atom. The maximum Gasteiger partial charge on any atom is 0.509 e. The standard InChI is InChI=1S/C5H6O4/c1-3-4(2-6)9-5(7)8-3/h2-4H,1H3. The van der Waals surface area contributed by atoms with Crippen molar-refractivity contribution in [2.45, 2.75) is 19.1 Å². The molecule has 1 aliphatic rings. The van der Waals surface area contributed by atoms with Gasteiger partial charge in [0.2, 0.25) is 0 Å². The van der Waals surface area contributed by atoms with Crippen LogP contribution in [0.2, 0.25) is 0 Å². The van der Waals surface area contributed by atoms with E-state index in [2.05, 4.69) is 9.47 Å². The molecular weight excluding hydrogens is 124 g/mol. The smallest absolute Gasteiger partial charge is 0.427 e. The highest BCUT2D eigenvalue weighted by molar-refractivity contribution is 5.70. The Kier molecular flexibility index (Phi) is 1.38. The zero-order chi connectivity index (χ0) is 6.85. The molecule has 1 heterocycles. The number of cyclic esters (lactones) is 2. The van der Waals surface area contributed by atoms with Crippen molar-refractivity contribution in [1.82, 2.24) is 0 Å². The largest absolute Gasteiger partial charge is 0.509 e. The van der Waals surface area contributed by atoms with E-state index in [0.717, 1.165) is 0 Å². The average Bonchev–Trinajstić information content (AvgIpc) is 2.10. The summed E-state index contributed by atoms with van der Waals surface area (Å²) in [5, 5.41) is 0. The molecule has 50 valence electrons. The summed E-state index contributed by atoms with van der Waals surface area (Å²) in [5.41, 5.74) is 0. The lowest BCUT2D eigenvalue weighted by atomic mass is 10.3. The minimum absolute atomic E-state index is 0.435. The maximum absolute atomic E-state index is 10.2. The third-order valence-corrected chi connectivity index (χ3v) is 1.11.